The van der Waals surface area contributed by atoms with Crippen LogP contribution in [0.5, 0.6) is 5.75 Å². The topological polar surface area (TPSA) is 61.2 Å². The van der Waals surface area contributed by atoms with Crippen molar-refractivity contribution < 1.29 is 9.53 Å². The summed E-state index contributed by atoms with van der Waals surface area (Å²) in [6.45, 7) is 1.54. The van der Waals surface area contributed by atoms with Crippen LogP contribution in [0, 0.1) is 0 Å². The number of hydrogen-bond acceptors (Lipinski definition) is 5. The minimum Gasteiger partial charge on any atom is -0.496 e. The monoisotopic (exact) mass is 354 g/mol. The summed E-state index contributed by atoms with van der Waals surface area (Å²) in [5, 5.41) is 1.23. The second-order valence-electron chi connectivity index (χ2n) is 5.65. The standard InChI is InChI=1S/C19H18N2O3S/c1-12(22)13-8-9-17(24-3)14(10-13)11-25-19-20-16-7-5-4-6-15(16)18(23)21(19)2/h4-10H,11H2,1-3H3. The van der Waals surface area contributed by atoms with E-state index in [4.69, 9.17) is 4.74 Å². The van der Waals surface area contributed by atoms with Crippen LogP contribution in [0.2, 0.25) is 0 Å². The maximum absolute atomic E-state index is 12.5. The van der Waals surface area contributed by atoms with Crippen molar-refractivity contribution in [2.45, 2.75) is 17.8 Å². The van der Waals surface area contributed by atoms with E-state index >= 15 is 0 Å². The summed E-state index contributed by atoms with van der Waals surface area (Å²) in [6.07, 6.45) is 0. The van der Waals surface area contributed by atoms with Crippen LogP contribution >= 0.6 is 11.8 Å². The molecule has 0 aliphatic carbocycles. The fourth-order valence-electron chi connectivity index (χ4n) is 2.58. The van der Waals surface area contributed by atoms with Gasteiger partial charge in [0.2, 0.25) is 0 Å². The number of methoxy groups -OCH3 is 1. The van der Waals surface area contributed by atoms with Crippen LogP contribution in [-0.4, -0.2) is 22.4 Å². The molecule has 0 saturated carbocycles. The first kappa shape index (κ1) is 17.2. The summed E-state index contributed by atoms with van der Waals surface area (Å²) < 4.78 is 6.93. The van der Waals surface area contributed by atoms with Crippen LogP contribution in [0.25, 0.3) is 10.9 Å². The predicted molar refractivity (Wildman–Crippen MR) is 99.5 cm³/mol. The lowest BCUT2D eigenvalue weighted by molar-refractivity contribution is 0.101. The predicted octanol–water partition coefficient (Wildman–Crippen LogP) is 3.44. The van der Waals surface area contributed by atoms with Crippen molar-refractivity contribution in [2.75, 3.05) is 7.11 Å². The molecule has 128 valence electrons. The van der Waals surface area contributed by atoms with Gasteiger partial charge in [0.15, 0.2) is 10.9 Å². The van der Waals surface area contributed by atoms with Gasteiger partial charge in [0.1, 0.15) is 5.75 Å². The Labute approximate surface area is 149 Å². The summed E-state index contributed by atoms with van der Waals surface area (Å²) in [4.78, 5) is 28.7. The maximum atomic E-state index is 12.5. The van der Waals surface area contributed by atoms with Crippen molar-refractivity contribution in [1.29, 1.82) is 0 Å². The Morgan fingerprint density at radius 3 is 2.72 bits per heavy atom. The van der Waals surface area contributed by atoms with E-state index in [9.17, 15) is 9.59 Å². The summed E-state index contributed by atoms with van der Waals surface area (Å²) in [6, 6.07) is 12.7. The molecule has 0 fully saturated rings. The Balaban J connectivity index is 1.95. The van der Waals surface area contributed by atoms with Crippen LogP contribution in [0.4, 0.5) is 0 Å². The molecule has 0 radical (unpaired) electrons. The molecule has 0 amide bonds. The van der Waals surface area contributed by atoms with Gasteiger partial charge in [0.05, 0.1) is 18.0 Å². The van der Waals surface area contributed by atoms with Crippen molar-refractivity contribution in [1.82, 2.24) is 9.55 Å². The molecule has 1 heterocycles. The summed E-state index contributed by atoms with van der Waals surface area (Å²) >= 11 is 1.44. The summed E-state index contributed by atoms with van der Waals surface area (Å²) in [7, 11) is 3.31. The van der Waals surface area contributed by atoms with E-state index in [2.05, 4.69) is 4.98 Å². The molecule has 3 rings (SSSR count). The van der Waals surface area contributed by atoms with E-state index in [1.54, 1.807) is 36.9 Å². The van der Waals surface area contributed by atoms with Gasteiger partial charge in [-0.3, -0.25) is 14.2 Å². The largest absolute Gasteiger partial charge is 0.496 e. The number of para-hydroxylation sites is 1. The highest BCUT2D eigenvalue weighted by Gasteiger charge is 2.12. The second-order valence-corrected chi connectivity index (χ2v) is 6.59. The third-order valence-corrected chi connectivity index (χ3v) is 5.06. The van der Waals surface area contributed by atoms with E-state index in [1.807, 2.05) is 24.3 Å². The van der Waals surface area contributed by atoms with Crippen LogP contribution in [0.3, 0.4) is 0 Å². The van der Waals surface area contributed by atoms with Crippen molar-refractivity contribution >= 4 is 28.4 Å². The lowest BCUT2D eigenvalue weighted by Crippen LogP contribution is -2.19. The molecular formula is C19H18N2O3S. The fraction of sp³-hybridized carbons (Fsp3) is 0.211. The van der Waals surface area contributed by atoms with Gasteiger partial charge in [-0.05, 0) is 37.3 Å². The molecule has 0 spiro atoms. The number of carbonyl (C=O) groups excluding carboxylic acids is 1. The van der Waals surface area contributed by atoms with Gasteiger partial charge in [-0.2, -0.15) is 0 Å². The minimum absolute atomic E-state index is 0.00475. The second kappa shape index (κ2) is 7.11. The number of hydrogen-bond donors (Lipinski definition) is 0. The highest BCUT2D eigenvalue weighted by Crippen LogP contribution is 2.28. The molecule has 0 saturated heterocycles. The van der Waals surface area contributed by atoms with Gasteiger partial charge < -0.3 is 4.74 Å². The smallest absolute Gasteiger partial charge is 0.261 e. The number of rotatable bonds is 5. The number of nitrogens with zero attached hydrogens (tertiary/aromatic N) is 2. The molecule has 2 aromatic carbocycles. The molecule has 0 unspecified atom stereocenters. The zero-order chi connectivity index (χ0) is 18.0. The normalized spacial score (nSPS) is 10.8. The molecule has 3 aromatic rings. The zero-order valence-corrected chi connectivity index (χ0v) is 15.1. The molecule has 6 heteroatoms. The molecular weight excluding hydrogens is 336 g/mol. The Morgan fingerprint density at radius 2 is 2.00 bits per heavy atom. The van der Waals surface area contributed by atoms with Crippen molar-refractivity contribution in [2.24, 2.45) is 7.05 Å². The van der Waals surface area contributed by atoms with Gasteiger partial charge in [-0.15, -0.1) is 0 Å². The molecule has 0 aliphatic heterocycles. The van der Waals surface area contributed by atoms with Crippen LogP contribution in [0.1, 0.15) is 22.8 Å². The van der Waals surface area contributed by atoms with Gasteiger partial charge in [0.25, 0.3) is 5.56 Å². The fourth-order valence-corrected chi connectivity index (χ4v) is 3.53. The highest BCUT2D eigenvalue weighted by atomic mass is 32.2. The van der Waals surface area contributed by atoms with E-state index in [-0.39, 0.29) is 11.3 Å². The van der Waals surface area contributed by atoms with Crippen LogP contribution < -0.4 is 10.3 Å². The Hall–Kier alpha value is -2.60. The molecule has 0 aliphatic rings. The summed E-state index contributed by atoms with van der Waals surface area (Å²) in [5.41, 5.74) is 2.13. The van der Waals surface area contributed by atoms with Crippen molar-refractivity contribution in [3.63, 3.8) is 0 Å². The SMILES string of the molecule is COc1ccc(C(C)=O)cc1CSc1nc2ccccc2c(=O)n1C. The quantitative estimate of drug-likeness (QED) is 0.399. The first-order valence-corrected chi connectivity index (χ1v) is 8.76. The Bertz CT molecular complexity index is 1010. The number of fused-ring (bicyclic) bond motifs is 1. The van der Waals surface area contributed by atoms with Gasteiger partial charge >= 0.3 is 0 Å². The minimum atomic E-state index is -0.0717. The van der Waals surface area contributed by atoms with Gasteiger partial charge in [-0.25, -0.2) is 4.98 Å². The van der Waals surface area contributed by atoms with Gasteiger partial charge in [-0.1, -0.05) is 23.9 Å². The first-order chi connectivity index (χ1) is 12.0. The van der Waals surface area contributed by atoms with Crippen LogP contribution in [0.15, 0.2) is 52.4 Å². The van der Waals surface area contributed by atoms with E-state index in [1.165, 1.54) is 18.7 Å². The van der Waals surface area contributed by atoms with Crippen molar-refractivity contribution in [3.8, 4) is 5.75 Å². The van der Waals surface area contributed by atoms with E-state index in [0.717, 1.165) is 5.56 Å². The number of Topliss-reactive ketones (excluding diaryl/α,β-unsaturated/α-hetero) is 1. The number of thioether (sulfide) groups is 1. The number of ketones is 1. The van der Waals surface area contributed by atoms with Crippen molar-refractivity contribution in [3.05, 3.63) is 63.9 Å². The maximum Gasteiger partial charge on any atom is 0.261 e. The molecule has 0 bridgehead atoms. The van der Waals surface area contributed by atoms with E-state index in [0.29, 0.717) is 33.1 Å². The van der Waals surface area contributed by atoms with Gasteiger partial charge in [0, 0.05) is 23.9 Å². The number of ether oxygens (including phenoxy) is 1. The Morgan fingerprint density at radius 1 is 1.24 bits per heavy atom. The molecule has 0 N–H and O–H groups in total. The Kier molecular flexibility index (Phi) is 4.90. The molecule has 25 heavy (non-hydrogen) atoms. The number of carbonyl (C=O) groups is 1. The lowest BCUT2D eigenvalue weighted by Gasteiger charge is -2.11. The third-order valence-electron chi connectivity index (χ3n) is 3.99. The zero-order valence-electron chi connectivity index (χ0n) is 14.3. The third kappa shape index (κ3) is 3.44. The molecule has 5 nitrogen and oxygen atoms in total. The van der Waals surface area contributed by atoms with E-state index < -0.39 is 0 Å². The van der Waals surface area contributed by atoms with Crippen LogP contribution in [-0.2, 0) is 12.8 Å². The number of aromatic nitrogens is 2. The first-order valence-electron chi connectivity index (χ1n) is 7.77. The highest BCUT2D eigenvalue weighted by molar-refractivity contribution is 7.98. The molecule has 1 aromatic heterocycles. The lowest BCUT2D eigenvalue weighted by atomic mass is 10.1. The summed E-state index contributed by atoms with van der Waals surface area (Å²) in [5.74, 6) is 1.26. The average molecular weight is 354 g/mol. The molecule has 0 atom stereocenters. The average Bonchev–Trinajstić information content (AvgIpc) is 2.63. The number of benzene rings is 2.